The van der Waals surface area contributed by atoms with E-state index >= 15 is 0 Å². The van der Waals surface area contributed by atoms with Crippen molar-refractivity contribution < 1.29 is 9.53 Å². The van der Waals surface area contributed by atoms with E-state index in [2.05, 4.69) is 4.90 Å². The highest BCUT2D eigenvalue weighted by molar-refractivity contribution is 5.75. The molecule has 0 spiro atoms. The molecule has 2 atom stereocenters. The summed E-state index contributed by atoms with van der Waals surface area (Å²) in [4.78, 5) is 16.8. The second-order valence-corrected chi connectivity index (χ2v) is 5.83. The van der Waals surface area contributed by atoms with Gasteiger partial charge in [-0.25, -0.2) is 4.79 Å². The molecule has 0 aromatic rings. The second kappa shape index (κ2) is 5.47. The lowest BCUT2D eigenvalue weighted by Crippen LogP contribution is -2.56. The number of morpholine rings is 1. The fourth-order valence-corrected chi connectivity index (χ4v) is 3.80. The Morgan fingerprint density at radius 2 is 1.67 bits per heavy atom. The van der Waals surface area contributed by atoms with Crippen molar-refractivity contribution in [3.05, 3.63) is 0 Å². The van der Waals surface area contributed by atoms with Crippen molar-refractivity contribution in [2.75, 3.05) is 32.8 Å². The van der Waals surface area contributed by atoms with E-state index in [-0.39, 0.29) is 6.03 Å². The number of hydrogen-bond acceptors (Lipinski definition) is 2. The summed E-state index contributed by atoms with van der Waals surface area (Å²) >= 11 is 0. The lowest BCUT2D eigenvalue weighted by Gasteiger charge is -2.46. The van der Waals surface area contributed by atoms with Gasteiger partial charge in [-0.2, -0.15) is 0 Å². The van der Waals surface area contributed by atoms with Crippen LogP contribution in [0, 0.1) is 5.92 Å². The minimum atomic E-state index is 0.273. The highest BCUT2D eigenvalue weighted by atomic mass is 16.5. The predicted molar refractivity (Wildman–Crippen MR) is 69.5 cm³/mol. The van der Waals surface area contributed by atoms with Gasteiger partial charge in [-0.15, -0.1) is 0 Å². The number of fused-ring (bicyclic) bond motifs is 1. The largest absolute Gasteiger partial charge is 0.378 e. The van der Waals surface area contributed by atoms with Crippen molar-refractivity contribution in [3.8, 4) is 0 Å². The average molecular weight is 252 g/mol. The number of piperidine rings is 1. The number of likely N-dealkylation sites (tertiary alicyclic amines) is 1. The van der Waals surface area contributed by atoms with Gasteiger partial charge >= 0.3 is 6.03 Å². The zero-order valence-electron chi connectivity index (χ0n) is 11.1. The van der Waals surface area contributed by atoms with Crippen LogP contribution in [-0.2, 0) is 4.74 Å². The zero-order chi connectivity index (χ0) is 12.4. The Bertz CT molecular complexity index is 300. The number of rotatable bonds is 0. The molecule has 0 radical (unpaired) electrons. The first-order valence-corrected chi connectivity index (χ1v) is 7.49. The molecule has 4 nitrogen and oxygen atoms in total. The van der Waals surface area contributed by atoms with Crippen LogP contribution in [0.25, 0.3) is 0 Å². The summed E-state index contributed by atoms with van der Waals surface area (Å²) in [5.41, 5.74) is 0. The quantitative estimate of drug-likeness (QED) is 0.661. The van der Waals surface area contributed by atoms with Crippen molar-refractivity contribution in [1.82, 2.24) is 9.80 Å². The van der Waals surface area contributed by atoms with E-state index in [1.165, 1.54) is 38.5 Å². The molecule has 0 bridgehead atoms. The van der Waals surface area contributed by atoms with E-state index in [0.717, 1.165) is 25.6 Å². The van der Waals surface area contributed by atoms with Crippen LogP contribution in [0.4, 0.5) is 4.79 Å². The van der Waals surface area contributed by atoms with Gasteiger partial charge in [0.15, 0.2) is 0 Å². The van der Waals surface area contributed by atoms with Gasteiger partial charge in [0.2, 0.25) is 0 Å². The minimum Gasteiger partial charge on any atom is -0.378 e. The summed E-state index contributed by atoms with van der Waals surface area (Å²) < 4.78 is 5.33. The Morgan fingerprint density at radius 1 is 0.944 bits per heavy atom. The smallest absolute Gasteiger partial charge is 0.320 e. The Kier molecular flexibility index (Phi) is 3.73. The molecule has 3 rings (SSSR count). The summed E-state index contributed by atoms with van der Waals surface area (Å²) in [7, 11) is 0. The van der Waals surface area contributed by atoms with Crippen LogP contribution in [0.2, 0.25) is 0 Å². The molecule has 1 saturated carbocycles. The molecule has 2 heterocycles. The Morgan fingerprint density at radius 3 is 2.50 bits per heavy atom. The van der Waals surface area contributed by atoms with Gasteiger partial charge < -0.3 is 14.5 Å². The topological polar surface area (TPSA) is 32.8 Å². The molecule has 0 N–H and O–H groups in total. The minimum absolute atomic E-state index is 0.273. The maximum Gasteiger partial charge on any atom is 0.320 e. The number of carbonyl (C=O) groups is 1. The first kappa shape index (κ1) is 12.3. The number of carbonyl (C=O) groups excluding carboxylic acids is 1. The molecule has 18 heavy (non-hydrogen) atoms. The van der Waals surface area contributed by atoms with E-state index in [1.807, 2.05) is 4.90 Å². The third kappa shape index (κ3) is 2.35. The van der Waals surface area contributed by atoms with Crippen LogP contribution in [0.5, 0.6) is 0 Å². The van der Waals surface area contributed by atoms with Crippen molar-refractivity contribution in [1.29, 1.82) is 0 Å². The second-order valence-electron chi connectivity index (χ2n) is 5.83. The maximum atomic E-state index is 12.6. The normalized spacial score (nSPS) is 33.1. The van der Waals surface area contributed by atoms with Gasteiger partial charge in [0.25, 0.3) is 0 Å². The summed E-state index contributed by atoms with van der Waals surface area (Å²) in [6.45, 7) is 3.91. The third-order valence-electron chi connectivity index (χ3n) is 4.77. The van der Waals surface area contributed by atoms with Crippen molar-refractivity contribution in [2.24, 2.45) is 5.92 Å². The molecule has 1 aliphatic carbocycles. The summed E-state index contributed by atoms with van der Waals surface area (Å²) in [6, 6.07) is 0.803. The highest BCUT2D eigenvalue weighted by Crippen LogP contribution is 2.35. The monoisotopic (exact) mass is 252 g/mol. The van der Waals surface area contributed by atoms with E-state index in [1.54, 1.807) is 0 Å². The summed E-state index contributed by atoms with van der Waals surface area (Å²) in [5.74, 6) is 0.775. The Hall–Kier alpha value is -0.770. The summed E-state index contributed by atoms with van der Waals surface area (Å²) in [6.07, 6.45) is 7.74. The molecule has 2 aliphatic heterocycles. The molecular formula is C14H24N2O2. The maximum absolute atomic E-state index is 12.6. The standard InChI is InChI=1S/C14H24N2O2/c17-14(15-8-10-18-11-9-15)16-7-3-5-12-4-1-2-6-13(12)16/h12-13H,1-11H2/t12-,13-/m1/s1. The molecule has 3 aliphatic rings. The van der Waals surface area contributed by atoms with E-state index in [9.17, 15) is 4.79 Å². The van der Waals surface area contributed by atoms with Gasteiger partial charge in [0, 0.05) is 25.7 Å². The van der Waals surface area contributed by atoms with Gasteiger partial charge in [0.1, 0.15) is 0 Å². The molecule has 4 heteroatoms. The molecule has 0 aromatic carbocycles. The van der Waals surface area contributed by atoms with Crippen LogP contribution in [0.3, 0.4) is 0 Å². The SMILES string of the molecule is O=C(N1CCOCC1)N1CCC[C@H]2CCCC[C@H]21. The van der Waals surface area contributed by atoms with Gasteiger partial charge in [-0.3, -0.25) is 0 Å². The first-order chi connectivity index (χ1) is 8.86. The number of amides is 2. The van der Waals surface area contributed by atoms with E-state index in [4.69, 9.17) is 4.74 Å². The zero-order valence-corrected chi connectivity index (χ0v) is 11.1. The molecule has 2 amide bonds. The van der Waals surface area contributed by atoms with Gasteiger partial charge in [-0.05, 0) is 31.6 Å². The molecular weight excluding hydrogens is 228 g/mol. The predicted octanol–water partition coefficient (Wildman–Crippen LogP) is 2.09. The van der Waals surface area contributed by atoms with Gasteiger partial charge in [0.05, 0.1) is 13.2 Å². The number of urea groups is 1. The number of hydrogen-bond donors (Lipinski definition) is 0. The highest BCUT2D eigenvalue weighted by Gasteiger charge is 2.37. The Balaban J connectivity index is 1.67. The lowest BCUT2D eigenvalue weighted by molar-refractivity contribution is 0.0225. The number of ether oxygens (including phenoxy) is 1. The summed E-state index contributed by atoms with van der Waals surface area (Å²) in [5, 5.41) is 0. The first-order valence-electron chi connectivity index (χ1n) is 7.49. The van der Waals surface area contributed by atoms with Crippen LogP contribution < -0.4 is 0 Å². The average Bonchev–Trinajstić information content (AvgIpc) is 2.47. The van der Waals surface area contributed by atoms with Crippen molar-refractivity contribution in [2.45, 2.75) is 44.6 Å². The van der Waals surface area contributed by atoms with Crippen molar-refractivity contribution >= 4 is 6.03 Å². The Labute approximate surface area is 109 Å². The number of nitrogens with zero attached hydrogens (tertiary/aromatic N) is 2. The van der Waals surface area contributed by atoms with Crippen molar-refractivity contribution in [3.63, 3.8) is 0 Å². The van der Waals surface area contributed by atoms with Crippen LogP contribution in [0.15, 0.2) is 0 Å². The molecule has 102 valence electrons. The van der Waals surface area contributed by atoms with Gasteiger partial charge in [-0.1, -0.05) is 12.8 Å². The molecule has 0 unspecified atom stereocenters. The fraction of sp³-hybridized carbons (Fsp3) is 0.929. The van der Waals surface area contributed by atoms with Crippen LogP contribution in [-0.4, -0.2) is 54.7 Å². The van der Waals surface area contributed by atoms with E-state index in [0.29, 0.717) is 19.3 Å². The third-order valence-corrected chi connectivity index (χ3v) is 4.77. The van der Waals surface area contributed by atoms with E-state index < -0.39 is 0 Å². The van der Waals surface area contributed by atoms with Crippen LogP contribution in [0.1, 0.15) is 38.5 Å². The molecule has 2 saturated heterocycles. The molecule has 0 aromatic heterocycles. The van der Waals surface area contributed by atoms with Crippen LogP contribution >= 0.6 is 0 Å². The lowest BCUT2D eigenvalue weighted by atomic mass is 9.78. The molecule has 3 fully saturated rings. The fourth-order valence-electron chi connectivity index (χ4n) is 3.80.